The molecule has 2 heterocycles. The van der Waals surface area contributed by atoms with E-state index in [1.54, 1.807) is 0 Å². The van der Waals surface area contributed by atoms with Gasteiger partial charge < -0.3 is 10.6 Å². The third-order valence-corrected chi connectivity index (χ3v) is 2.89. The van der Waals surface area contributed by atoms with Crippen LogP contribution in [0.5, 0.6) is 0 Å². The average molecular weight is 193 g/mol. The van der Waals surface area contributed by atoms with Crippen LogP contribution in [0.15, 0.2) is 11.2 Å². The number of aryl methyl sites for hydroxylation is 1. The molecule has 1 unspecified atom stereocenters. The predicted molar refractivity (Wildman–Crippen MR) is 54.9 cm³/mol. The Morgan fingerprint density at radius 3 is 2.64 bits per heavy atom. The van der Waals surface area contributed by atoms with Crippen molar-refractivity contribution in [3.05, 3.63) is 17.5 Å². The summed E-state index contributed by atoms with van der Waals surface area (Å²) in [7, 11) is 3.90. The van der Waals surface area contributed by atoms with Crippen LogP contribution >= 0.6 is 0 Å². The quantitative estimate of drug-likeness (QED) is 0.684. The van der Waals surface area contributed by atoms with E-state index in [2.05, 4.69) is 17.0 Å². The van der Waals surface area contributed by atoms with Gasteiger partial charge in [-0.3, -0.25) is 9.67 Å². The van der Waals surface area contributed by atoms with E-state index in [4.69, 9.17) is 5.73 Å². The van der Waals surface area contributed by atoms with Crippen LogP contribution in [-0.2, 0) is 7.05 Å². The van der Waals surface area contributed by atoms with Crippen LogP contribution < -0.4 is 5.73 Å². The van der Waals surface area contributed by atoms with Crippen LogP contribution in [0.1, 0.15) is 17.3 Å². The Labute approximate surface area is 83.2 Å². The highest BCUT2D eigenvalue weighted by Gasteiger charge is 2.26. The van der Waals surface area contributed by atoms with E-state index in [1.165, 1.54) is 11.3 Å². The SMILES string of the molecule is Cc1c(C2CN=C(N)N2C)cnn1C. The van der Waals surface area contributed by atoms with Crippen molar-refractivity contribution < 1.29 is 0 Å². The molecule has 1 atom stereocenters. The van der Waals surface area contributed by atoms with Crippen molar-refractivity contribution in [2.24, 2.45) is 17.8 Å². The van der Waals surface area contributed by atoms with E-state index in [-0.39, 0.29) is 6.04 Å². The van der Waals surface area contributed by atoms with Gasteiger partial charge in [-0.25, -0.2) is 0 Å². The molecule has 0 aromatic carbocycles. The maximum atomic E-state index is 5.71. The first-order chi connectivity index (χ1) is 6.61. The fraction of sp³-hybridized carbons (Fsp3) is 0.556. The Hall–Kier alpha value is -1.52. The smallest absolute Gasteiger partial charge is 0.191 e. The van der Waals surface area contributed by atoms with Gasteiger partial charge in [0.2, 0.25) is 0 Å². The van der Waals surface area contributed by atoms with Gasteiger partial charge in [-0.05, 0) is 6.92 Å². The summed E-state index contributed by atoms with van der Waals surface area (Å²) in [5.41, 5.74) is 8.09. The monoisotopic (exact) mass is 193 g/mol. The Morgan fingerprint density at radius 2 is 2.21 bits per heavy atom. The lowest BCUT2D eigenvalue weighted by Crippen LogP contribution is -2.32. The molecule has 1 aliphatic heterocycles. The van der Waals surface area contributed by atoms with Crippen molar-refractivity contribution in [3.63, 3.8) is 0 Å². The average Bonchev–Trinajstić information content (AvgIpc) is 2.63. The van der Waals surface area contributed by atoms with Crippen molar-refractivity contribution >= 4 is 5.96 Å². The van der Waals surface area contributed by atoms with Crippen molar-refractivity contribution in [2.45, 2.75) is 13.0 Å². The predicted octanol–water partition coefficient (Wildman–Crippen LogP) is 0.0297. The molecular weight excluding hydrogens is 178 g/mol. The standard InChI is InChI=1S/C9H15N5/c1-6-7(4-12-14(6)3)8-5-11-9(10)13(8)2/h4,8H,5H2,1-3H3,(H2,10,11). The normalized spacial score (nSPS) is 21.5. The summed E-state index contributed by atoms with van der Waals surface area (Å²) in [6.07, 6.45) is 1.89. The van der Waals surface area contributed by atoms with Gasteiger partial charge in [0.05, 0.1) is 18.8 Å². The molecule has 14 heavy (non-hydrogen) atoms. The molecule has 0 bridgehead atoms. The van der Waals surface area contributed by atoms with Gasteiger partial charge in [-0.15, -0.1) is 0 Å². The highest BCUT2D eigenvalue weighted by molar-refractivity contribution is 5.80. The number of aromatic nitrogens is 2. The Morgan fingerprint density at radius 1 is 1.50 bits per heavy atom. The molecule has 1 aliphatic rings. The summed E-state index contributed by atoms with van der Waals surface area (Å²) in [6, 6.07) is 0.253. The summed E-state index contributed by atoms with van der Waals surface area (Å²) < 4.78 is 1.87. The third-order valence-electron chi connectivity index (χ3n) is 2.89. The molecule has 0 fully saturated rings. The maximum Gasteiger partial charge on any atom is 0.191 e. The largest absolute Gasteiger partial charge is 0.370 e. The first-order valence-corrected chi connectivity index (χ1v) is 4.62. The minimum Gasteiger partial charge on any atom is -0.370 e. The van der Waals surface area contributed by atoms with Crippen molar-refractivity contribution in [1.82, 2.24) is 14.7 Å². The summed E-state index contributed by atoms with van der Waals surface area (Å²) in [4.78, 5) is 6.20. The van der Waals surface area contributed by atoms with Crippen LogP contribution in [-0.4, -0.2) is 34.2 Å². The minimum atomic E-state index is 0.253. The second-order valence-corrected chi connectivity index (χ2v) is 3.63. The van der Waals surface area contributed by atoms with Gasteiger partial charge in [-0.2, -0.15) is 5.10 Å². The molecule has 0 radical (unpaired) electrons. The zero-order chi connectivity index (χ0) is 10.3. The summed E-state index contributed by atoms with van der Waals surface area (Å²) in [5, 5.41) is 4.22. The fourth-order valence-electron chi connectivity index (χ4n) is 1.72. The molecule has 2 N–H and O–H groups in total. The highest BCUT2D eigenvalue weighted by Crippen LogP contribution is 2.25. The van der Waals surface area contributed by atoms with Crippen molar-refractivity contribution in [2.75, 3.05) is 13.6 Å². The van der Waals surface area contributed by atoms with E-state index in [1.807, 2.05) is 29.9 Å². The fourth-order valence-corrected chi connectivity index (χ4v) is 1.72. The molecular formula is C9H15N5. The second-order valence-electron chi connectivity index (χ2n) is 3.63. The van der Waals surface area contributed by atoms with Crippen LogP contribution in [0.4, 0.5) is 0 Å². The zero-order valence-electron chi connectivity index (χ0n) is 8.73. The molecule has 0 saturated heterocycles. The lowest BCUT2D eigenvalue weighted by molar-refractivity contribution is 0.412. The summed E-state index contributed by atoms with van der Waals surface area (Å²) in [5.74, 6) is 0.609. The summed E-state index contributed by atoms with van der Waals surface area (Å²) >= 11 is 0. The zero-order valence-corrected chi connectivity index (χ0v) is 8.73. The molecule has 0 spiro atoms. The highest BCUT2D eigenvalue weighted by atomic mass is 15.3. The number of rotatable bonds is 1. The van der Waals surface area contributed by atoms with Gasteiger partial charge in [0.25, 0.3) is 0 Å². The lowest BCUT2D eigenvalue weighted by Gasteiger charge is -2.20. The topological polar surface area (TPSA) is 59.4 Å². The van der Waals surface area contributed by atoms with Crippen LogP contribution in [0, 0.1) is 6.92 Å². The van der Waals surface area contributed by atoms with Gasteiger partial charge >= 0.3 is 0 Å². The number of hydrogen-bond acceptors (Lipinski definition) is 4. The Balaban J connectivity index is 2.30. The lowest BCUT2D eigenvalue weighted by atomic mass is 10.1. The van der Waals surface area contributed by atoms with Gasteiger partial charge in [0.1, 0.15) is 0 Å². The number of hydrogen-bond donors (Lipinski definition) is 1. The number of nitrogens with two attached hydrogens (primary N) is 1. The van der Waals surface area contributed by atoms with Gasteiger partial charge in [0.15, 0.2) is 5.96 Å². The second kappa shape index (κ2) is 3.01. The van der Waals surface area contributed by atoms with Crippen molar-refractivity contribution in [3.8, 4) is 0 Å². The third kappa shape index (κ3) is 1.16. The van der Waals surface area contributed by atoms with Crippen molar-refractivity contribution in [1.29, 1.82) is 0 Å². The molecule has 0 saturated carbocycles. The number of guanidine groups is 1. The molecule has 2 rings (SSSR count). The summed E-state index contributed by atoms with van der Waals surface area (Å²) in [6.45, 7) is 2.79. The first kappa shape index (κ1) is 9.05. The van der Waals surface area contributed by atoms with Gasteiger partial charge in [0, 0.05) is 25.4 Å². The molecule has 76 valence electrons. The van der Waals surface area contributed by atoms with Crippen LogP contribution in [0.3, 0.4) is 0 Å². The van der Waals surface area contributed by atoms with E-state index in [9.17, 15) is 0 Å². The molecule has 0 amide bonds. The van der Waals surface area contributed by atoms with Crippen LogP contribution in [0.25, 0.3) is 0 Å². The molecule has 5 nitrogen and oxygen atoms in total. The number of nitrogens with zero attached hydrogens (tertiary/aromatic N) is 4. The van der Waals surface area contributed by atoms with Gasteiger partial charge in [-0.1, -0.05) is 0 Å². The van der Waals surface area contributed by atoms with E-state index in [0.717, 1.165) is 6.54 Å². The van der Waals surface area contributed by atoms with E-state index < -0.39 is 0 Å². The molecule has 1 aromatic rings. The first-order valence-electron chi connectivity index (χ1n) is 4.62. The maximum absolute atomic E-state index is 5.71. The molecule has 0 aliphatic carbocycles. The number of likely N-dealkylation sites (N-methyl/N-ethyl adjacent to an activating group) is 1. The minimum absolute atomic E-state index is 0.253. The number of aliphatic imine (C=N–C) groups is 1. The van der Waals surface area contributed by atoms with Crippen LogP contribution in [0.2, 0.25) is 0 Å². The Bertz CT molecular complexity index is 379. The Kier molecular flexibility index (Phi) is 1.94. The van der Waals surface area contributed by atoms with E-state index >= 15 is 0 Å². The molecule has 1 aromatic heterocycles. The molecule has 5 heteroatoms. The van der Waals surface area contributed by atoms with E-state index in [0.29, 0.717) is 5.96 Å².